The molecule has 0 aliphatic heterocycles. The Morgan fingerprint density at radius 2 is 2.00 bits per heavy atom. The summed E-state index contributed by atoms with van der Waals surface area (Å²) >= 11 is 4.19. The zero-order chi connectivity index (χ0) is 10.6. The highest BCUT2D eigenvalue weighted by Gasteiger charge is 2.22. The molecule has 0 unspecified atom stereocenters. The molecule has 0 bridgehead atoms. The Morgan fingerprint density at radius 3 is 2.23 bits per heavy atom. The number of nitrogens with one attached hydrogen (secondary N) is 1. The average molecular weight is 201 g/mol. The van der Waals surface area contributed by atoms with Gasteiger partial charge in [0, 0.05) is 12.7 Å². The van der Waals surface area contributed by atoms with Crippen LogP contribution in [0.15, 0.2) is 12.2 Å². The van der Waals surface area contributed by atoms with E-state index in [2.05, 4.69) is 45.3 Å². The van der Waals surface area contributed by atoms with E-state index >= 15 is 0 Å². The Hall–Kier alpha value is -0.440. The van der Waals surface area contributed by atoms with Gasteiger partial charge >= 0.3 is 0 Å². The standard InChI is InChI=1S/C10H19NOS/c1-7(10(3,4)5)9(6-13)11-8(2)12/h9,13H,1,6H2,2-5H3,(H,11,12)/t9-/m0/s1. The maximum Gasteiger partial charge on any atom is 0.217 e. The van der Waals surface area contributed by atoms with E-state index in [-0.39, 0.29) is 17.4 Å². The van der Waals surface area contributed by atoms with Gasteiger partial charge in [0.1, 0.15) is 0 Å². The molecule has 13 heavy (non-hydrogen) atoms. The molecule has 0 rings (SSSR count). The predicted octanol–water partition coefficient (Wildman–Crippen LogP) is 2.02. The molecule has 0 aliphatic carbocycles. The van der Waals surface area contributed by atoms with Crippen LogP contribution in [-0.4, -0.2) is 17.7 Å². The van der Waals surface area contributed by atoms with E-state index < -0.39 is 0 Å². The molecule has 3 heteroatoms. The summed E-state index contributed by atoms with van der Waals surface area (Å²) < 4.78 is 0. The molecule has 0 saturated carbocycles. The van der Waals surface area contributed by atoms with Gasteiger partial charge in [0.25, 0.3) is 0 Å². The van der Waals surface area contributed by atoms with Crippen molar-refractivity contribution in [2.24, 2.45) is 5.41 Å². The van der Waals surface area contributed by atoms with Crippen molar-refractivity contribution in [3.63, 3.8) is 0 Å². The Bertz CT molecular complexity index is 205. The quantitative estimate of drug-likeness (QED) is 0.531. The van der Waals surface area contributed by atoms with E-state index in [9.17, 15) is 4.79 Å². The van der Waals surface area contributed by atoms with Crippen LogP contribution in [0.25, 0.3) is 0 Å². The van der Waals surface area contributed by atoms with E-state index in [1.165, 1.54) is 6.92 Å². The summed E-state index contributed by atoms with van der Waals surface area (Å²) in [7, 11) is 0. The van der Waals surface area contributed by atoms with Gasteiger partial charge in [-0.25, -0.2) is 0 Å². The van der Waals surface area contributed by atoms with Crippen molar-refractivity contribution in [2.75, 3.05) is 5.75 Å². The Morgan fingerprint density at radius 1 is 1.54 bits per heavy atom. The second kappa shape index (κ2) is 4.70. The first-order valence-electron chi connectivity index (χ1n) is 4.36. The number of carbonyl (C=O) groups is 1. The van der Waals surface area contributed by atoms with Gasteiger partial charge in [-0.3, -0.25) is 4.79 Å². The second-order valence-electron chi connectivity index (χ2n) is 4.21. The lowest BCUT2D eigenvalue weighted by Crippen LogP contribution is -2.39. The molecule has 0 aromatic heterocycles. The summed E-state index contributed by atoms with van der Waals surface area (Å²) in [5, 5.41) is 2.82. The molecule has 2 nitrogen and oxygen atoms in total. The number of amides is 1. The van der Waals surface area contributed by atoms with Gasteiger partial charge < -0.3 is 5.32 Å². The van der Waals surface area contributed by atoms with Crippen LogP contribution in [0.2, 0.25) is 0 Å². The largest absolute Gasteiger partial charge is 0.349 e. The maximum atomic E-state index is 10.9. The van der Waals surface area contributed by atoms with Gasteiger partial charge in [0.2, 0.25) is 5.91 Å². The van der Waals surface area contributed by atoms with Crippen molar-refractivity contribution in [2.45, 2.75) is 33.7 Å². The predicted molar refractivity (Wildman–Crippen MR) is 60.1 cm³/mol. The van der Waals surface area contributed by atoms with Crippen LogP contribution in [0.3, 0.4) is 0 Å². The SMILES string of the molecule is C=C([C@H](CS)NC(C)=O)C(C)(C)C. The topological polar surface area (TPSA) is 29.1 Å². The van der Waals surface area contributed by atoms with Gasteiger partial charge in [0.05, 0.1) is 6.04 Å². The van der Waals surface area contributed by atoms with Crippen molar-refractivity contribution < 1.29 is 4.79 Å². The van der Waals surface area contributed by atoms with Crippen molar-refractivity contribution in [1.82, 2.24) is 5.32 Å². The van der Waals surface area contributed by atoms with Crippen molar-refractivity contribution in [1.29, 1.82) is 0 Å². The fourth-order valence-electron chi connectivity index (χ4n) is 1.01. The van der Waals surface area contributed by atoms with Gasteiger partial charge in [-0.15, -0.1) is 0 Å². The molecule has 0 aromatic rings. The molecule has 1 amide bonds. The third-order valence-corrected chi connectivity index (χ3v) is 2.31. The summed E-state index contributed by atoms with van der Waals surface area (Å²) in [6, 6.07) is -0.0270. The number of carbonyl (C=O) groups excluding carboxylic acids is 1. The van der Waals surface area contributed by atoms with Crippen LogP contribution in [-0.2, 0) is 4.79 Å². The van der Waals surface area contributed by atoms with E-state index in [1.807, 2.05) is 0 Å². The molecule has 0 fully saturated rings. The number of hydrogen-bond acceptors (Lipinski definition) is 2. The molecule has 0 radical (unpaired) electrons. The molecule has 0 heterocycles. The van der Waals surface area contributed by atoms with E-state index in [0.717, 1.165) is 5.57 Å². The third-order valence-electron chi connectivity index (χ3n) is 1.94. The fraction of sp³-hybridized carbons (Fsp3) is 0.700. The molecular formula is C10H19NOS. The maximum absolute atomic E-state index is 10.9. The minimum absolute atomic E-state index is 0.00977. The second-order valence-corrected chi connectivity index (χ2v) is 4.58. The van der Waals surface area contributed by atoms with Gasteiger partial charge in [-0.05, 0) is 11.0 Å². The van der Waals surface area contributed by atoms with Crippen LogP contribution in [0.4, 0.5) is 0 Å². The molecular weight excluding hydrogens is 182 g/mol. The summed E-state index contributed by atoms with van der Waals surface area (Å²) in [6.45, 7) is 11.7. The van der Waals surface area contributed by atoms with Crippen LogP contribution in [0, 0.1) is 5.41 Å². The lowest BCUT2D eigenvalue weighted by atomic mass is 9.83. The first-order chi connectivity index (χ1) is 5.79. The van der Waals surface area contributed by atoms with Crippen LogP contribution in [0.5, 0.6) is 0 Å². The monoisotopic (exact) mass is 201 g/mol. The summed E-state index contributed by atoms with van der Waals surface area (Å²) in [6.07, 6.45) is 0. The Labute approximate surface area is 86.2 Å². The number of thiol groups is 1. The minimum Gasteiger partial charge on any atom is -0.349 e. The molecule has 0 aliphatic rings. The van der Waals surface area contributed by atoms with Crippen LogP contribution >= 0.6 is 12.6 Å². The zero-order valence-electron chi connectivity index (χ0n) is 8.85. The van der Waals surface area contributed by atoms with Crippen molar-refractivity contribution in [3.8, 4) is 0 Å². The molecule has 1 N–H and O–H groups in total. The van der Waals surface area contributed by atoms with Crippen LogP contribution in [0.1, 0.15) is 27.7 Å². The van der Waals surface area contributed by atoms with Crippen LogP contribution < -0.4 is 5.32 Å². The lowest BCUT2D eigenvalue weighted by molar-refractivity contribution is -0.119. The molecule has 1 atom stereocenters. The molecule has 76 valence electrons. The number of rotatable bonds is 3. The van der Waals surface area contributed by atoms with Gasteiger partial charge in [-0.2, -0.15) is 12.6 Å². The van der Waals surface area contributed by atoms with E-state index in [0.29, 0.717) is 5.75 Å². The van der Waals surface area contributed by atoms with Gasteiger partial charge in [0.15, 0.2) is 0 Å². The number of hydrogen-bond donors (Lipinski definition) is 2. The first kappa shape index (κ1) is 12.6. The molecule has 0 spiro atoms. The lowest BCUT2D eigenvalue weighted by Gasteiger charge is -2.28. The third kappa shape index (κ3) is 4.36. The van der Waals surface area contributed by atoms with E-state index in [1.54, 1.807) is 0 Å². The molecule has 0 saturated heterocycles. The fourth-order valence-corrected chi connectivity index (χ4v) is 1.32. The smallest absolute Gasteiger partial charge is 0.217 e. The highest BCUT2D eigenvalue weighted by atomic mass is 32.1. The van der Waals surface area contributed by atoms with E-state index in [4.69, 9.17) is 0 Å². The van der Waals surface area contributed by atoms with Crippen molar-refractivity contribution in [3.05, 3.63) is 12.2 Å². The first-order valence-corrected chi connectivity index (χ1v) is 4.99. The minimum atomic E-state index is -0.0375. The van der Waals surface area contributed by atoms with Crippen molar-refractivity contribution >= 4 is 18.5 Å². The Balaban J connectivity index is 4.41. The normalized spacial score (nSPS) is 13.6. The zero-order valence-corrected chi connectivity index (χ0v) is 9.74. The summed E-state index contributed by atoms with van der Waals surface area (Å²) in [5.41, 5.74) is 1.02. The highest BCUT2D eigenvalue weighted by molar-refractivity contribution is 7.80. The summed E-state index contributed by atoms with van der Waals surface area (Å²) in [4.78, 5) is 10.9. The molecule has 0 aromatic carbocycles. The van der Waals surface area contributed by atoms with Gasteiger partial charge in [-0.1, -0.05) is 27.4 Å². The highest BCUT2D eigenvalue weighted by Crippen LogP contribution is 2.26. The summed E-state index contributed by atoms with van der Waals surface area (Å²) in [5.74, 6) is 0.555. The average Bonchev–Trinajstić information content (AvgIpc) is 1.96. The Kier molecular flexibility index (Phi) is 4.54.